The van der Waals surface area contributed by atoms with Gasteiger partial charge in [-0.25, -0.2) is 13.4 Å². The van der Waals surface area contributed by atoms with E-state index in [1.807, 2.05) is 14.0 Å². The molecular formula is C19H25N7O4S. The fourth-order valence-electron chi connectivity index (χ4n) is 3.65. The Morgan fingerprint density at radius 3 is 2.58 bits per heavy atom. The molecule has 0 radical (unpaired) electrons. The number of nitrogens with two attached hydrogens (primary N) is 1. The highest BCUT2D eigenvalue weighted by Crippen LogP contribution is 2.32. The Morgan fingerprint density at radius 1 is 1.19 bits per heavy atom. The lowest BCUT2D eigenvalue weighted by molar-refractivity contribution is 0.222. The quantitative estimate of drug-likeness (QED) is 0.567. The molecule has 0 unspecified atom stereocenters. The van der Waals surface area contributed by atoms with Gasteiger partial charge in [-0.05, 0) is 32.2 Å². The predicted octanol–water partition coefficient (Wildman–Crippen LogP) is 0.241. The number of aromatic nitrogens is 4. The molecule has 0 spiro atoms. The number of hydrogen-bond donors (Lipinski definition) is 2. The topological polar surface area (TPSA) is 139 Å². The lowest BCUT2D eigenvalue weighted by Gasteiger charge is -2.31. The number of anilines is 1. The fraction of sp³-hybridized carbons (Fsp3) is 0.421. The van der Waals surface area contributed by atoms with E-state index in [1.165, 1.54) is 21.1 Å². The highest BCUT2D eigenvalue weighted by Gasteiger charge is 2.29. The first-order valence-corrected chi connectivity index (χ1v) is 11.3. The van der Waals surface area contributed by atoms with Crippen LogP contribution in [0.2, 0.25) is 0 Å². The number of hydrogen-bond acceptors (Lipinski definition) is 8. The number of nitrogens with zero attached hydrogens (tertiary/aromatic N) is 5. The third-order valence-corrected chi connectivity index (χ3v) is 7.22. The molecule has 1 aliphatic rings. The number of ether oxygens (including phenoxy) is 1. The second-order valence-corrected chi connectivity index (χ2v) is 9.36. The first kappa shape index (κ1) is 21.3. The molecule has 2 aromatic heterocycles. The first-order chi connectivity index (χ1) is 14.7. The Hall–Kier alpha value is -2.96. The average molecular weight is 448 g/mol. The van der Waals surface area contributed by atoms with E-state index in [2.05, 4.69) is 20.0 Å². The van der Waals surface area contributed by atoms with Crippen LogP contribution in [0.5, 0.6) is 5.75 Å². The van der Waals surface area contributed by atoms with E-state index in [0.717, 1.165) is 0 Å². The summed E-state index contributed by atoms with van der Waals surface area (Å²) < 4.78 is 34.9. The van der Waals surface area contributed by atoms with Crippen molar-refractivity contribution in [1.82, 2.24) is 29.0 Å². The van der Waals surface area contributed by atoms with Gasteiger partial charge in [0.2, 0.25) is 10.0 Å². The summed E-state index contributed by atoms with van der Waals surface area (Å²) in [6, 6.07) is 4.57. The highest BCUT2D eigenvalue weighted by molar-refractivity contribution is 7.89. The van der Waals surface area contributed by atoms with Gasteiger partial charge in [0.15, 0.2) is 11.3 Å². The van der Waals surface area contributed by atoms with Gasteiger partial charge in [0.05, 0.1) is 17.1 Å². The van der Waals surface area contributed by atoms with Crippen LogP contribution in [-0.2, 0) is 17.1 Å². The van der Waals surface area contributed by atoms with Gasteiger partial charge in [0.1, 0.15) is 17.1 Å². The SMILES string of the molecule is CCOc1ccc(S(=O)(=O)N2CCN(C)CC2)cc1-c1nc2c(N)nn(C)c2c(=O)[nH]1. The van der Waals surface area contributed by atoms with Crippen LogP contribution >= 0.6 is 0 Å². The van der Waals surface area contributed by atoms with Crippen LogP contribution in [0.25, 0.3) is 22.4 Å². The van der Waals surface area contributed by atoms with Crippen molar-refractivity contribution in [2.24, 2.45) is 7.05 Å². The molecule has 3 aromatic rings. The summed E-state index contributed by atoms with van der Waals surface area (Å²) in [5, 5.41) is 4.04. The van der Waals surface area contributed by atoms with Crippen molar-refractivity contribution in [2.75, 3.05) is 45.6 Å². The van der Waals surface area contributed by atoms with Crippen LogP contribution in [0.4, 0.5) is 5.82 Å². The Balaban J connectivity index is 1.85. The summed E-state index contributed by atoms with van der Waals surface area (Å²) in [7, 11) is -0.153. The summed E-state index contributed by atoms with van der Waals surface area (Å²) in [6.45, 7) is 4.32. The van der Waals surface area contributed by atoms with Gasteiger partial charge in [0.25, 0.3) is 5.56 Å². The molecule has 166 valence electrons. The molecule has 31 heavy (non-hydrogen) atoms. The average Bonchev–Trinajstić information content (AvgIpc) is 3.02. The summed E-state index contributed by atoms with van der Waals surface area (Å²) in [5.74, 6) is 0.685. The normalized spacial score (nSPS) is 16.1. The number of H-pyrrole nitrogens is 1. The van der Waals surface area contributed by atoms with Crippen molar-refractivity contribution in [3.63, 3.8) is 0 Å². The number of sulfonamides is 1. The maximum atomic E-state index is 13.2. The van der Waals surface area contributed by atoms with Gasteiger partial charge in [-0.1, -0.05) is 0 Å². The minimum Gasteiger partial charge on any atom is -0.493 e. The van der Waals surface area contributed by atoms with E-state index < -0.39 is 15.6 Å². The van der Waals surface area contributed by atoms with Gasteiger partial charge in [0, 0.05) is 33.2 Å². The molecule has 1 saturated heterocycles. The third kappa shape index (κ3) is 3.77. The van der Waals surface area contributed by atoms with E-state index in [0.29, 0.717) is 44.1 Å². The monoisotopic (exact) mass is 447 g/mol. The number of nitrogen functional groups attached to an aromatic ring is 1. The Kier molecular flexibility index (Phi) is 5.45. The largest absolute Gasteiger partial charge is 0.493 e. The van der Waals surface area contributed by atoms with Crippen molar-refractivity contribution in [3.05, 3.63) is 28.6 Å². The minimum atomic E-state index is -3.71. The van der Waals surface area contributed by atoms with Crippen LogP contribution in [0.3, 0.4) is 0 Å². The van der Waals surface area contributed by atoms with Crippen molar-refractivity contribution in [1.29, 1.82) is 0 Å². The summed E-state index contributed by atoms with van der Waals surface area (Å²) in [6.07, 6.45) is 0. The lowest BCUT2D eigenvalue weighted by Crippen LogP contribution is -2.47. The zero-order chi connectivity index (χ0) is 22.3. The minimum absolute atomic E-state index is 0.109. The molecule has 0 aliphatic carbocycles. The molecule has 0 bridgehead atoms. The lowest BCUT2D eigenvalue weighted by atomic mass is 10.2. The van der Waals surface area contributed by atoms with E-state index in [4.69, 9.17) is 10.5 Å². The second-order valence-electron chi connectivity index (χ2n) is 7.42. The fourth-order valence-corrected chi connectivity index (χ4v) is 5.09. The molecule has 3 heterocycles. The van der Waals surface area contributed by atoms with Crippen LogP contribution in [-0.4, -0.2) is 77.2 Å². The van der Waals surface area contributed by atoms with Crippen LogP contribution in [0.1, 0.15) is 6.92 Å². The summed E-state index contributed by atoms with van der Waals surface area (Å²) >= 11 is 0. The molecule has 11 nitrogen and oxygen atoms in total. The number of aryl methyl sites for hydroxylation is 1. The predicted molar refractivity (Wildman–Crippen MR) is 116 cm³/mol. The maximum absolute atomic E-state index is 13.2. The molecule has 1 fully saturated rings. The molecular weight excluding hydrogens is 422 g/mol. The molecule has 1 aromatic carbocycles. The maximum Gasteiger partial charge on any atom is 0.277 e. The van der Waals surface area contributed by atoms with Gasteiger partial charge in [-0.3, -0.25) is 9.48 Å². The molecule has 0 atom stereocenters. The van der Waals surface area contributed by atoms with Crippen LogP contribution in [0, 0.1) is 0 Å². The Bertz CT molecular complexity index is 1290. The number of aromatic amines is 1. The number of benzene rings is 1. The standard InChI is InChI=1S/C19H25N7O4S/c1-4-30-14-6-5-12(31(28,29)26-9-7-24(2)8-10-26)11-13(14)18-21-15-16(19(27)22-18)25(3)23-17(15)20/h5-6,11H,4,7-10H2,1-3H3,(H2,20,23)(H,21,22,27). The number of nitrogens with one attached hydrogen (secondary N) is 1. The molecule has 3 N–H and O–H groups in total. The zero-order valence-corrected chi connectivity index (χ0v) is 18.4. The van der Waals surface area contributed by atoms with E-state index in [1.54, 1.807) is 13.1 Å². The highest BCUT2D eigenvalue weighted by atomic mass is 32.2. The van der Waals surface area contributed by atoms with Crippen molar-refractivity contribution < 1.29 is 13.2 Å². The summed E-state index contributed by atoms with van der Waals surface area (Å²) in [5.41, 5.74) is 6.33. The van der Waals surface area contributed by atoms with Crippen molar-refractivity contribution in [3.8, 4) is 17.1 Å². The number of piperazine rings is 1. The number of likely N-dealkylation sites (N-methyl/N-ethyl adjacent to an activating group) is 1. The molecule has 4 rings (SSSR count). The van der Waals surface area contributed by atoms with Crippen LogP contribution in [0.15, 0.2) is 27.9 Å². The number of fused-ring (bicyclic) bond motifs is 1. The smallest absolute Gasteiger partial charge is 0.277 e. The van der Waals surface area contributed by atoms with E-state index in [-0.39, 0.29) is 27.6 Å². The summed E-state index contributed by atoms with van der Waals surface area (Å²) in [4.78, 5) is 22.0. The second kappa shape index (κ2) is 7.94. The first-order valence-electron chi connectivity index (χ1n) is 9.90. The molecule has 12 heteroatoms. The van der Waals surface area contributed by atoms with E-state index >= 15 is 0 Å². The van der Waals surface area contributed by atoms with Crippen LogP contribution < -0.4 is 16.0 Å². The molecule has 0 amide bonds. The van der Waals surface area contributed by atoms with Crippen molar-refractivity contribution in [2.45, 2.75) is 11.8 Å². The molecule has 0 saturated carbocycles. The molecule has 1 aliphatic heterocycles. The van der Waals surface area contributed by atoms with E-state index in [9.17, 15) is 13.2 Å². The Labute approximate surface area is 179 Å². The van der Waals surface area contributed by atoms with Gasteiger partial charge < -0.3 is 20.4 Å². The van der Waals surface area contributed by atoms with Gasteiger partial charge in [-0.15, -0.1) is 0 Å². The third-order valence-electron chi connectivity index (χ3n) is 5.32. The number of rotatable bonds is 5. The van der Waals surface area contributed by atoms with Gasteiger partial charge in [-0.2, -0.15) is 9.40 Å². The zero-order valence-electron chi connectivity index (χ0n) is 17.6. The van der Waals surface area contributed by atoms with Gasteiger partial charge >= 0.3 is 0 Å². The van der Waals surface area contributed by atoms with Crippen molar-refractivity contribution >= 4 is 26.9 Å². The Morgan fingerprint density at radius 2 is 1.90 bits per heavy atom.